The molecule has 0 atom stereocenters. The second-order valence-electron chi connectivity index (χ2n) is 3.66. The molecule has 0 unspecified atom stereocenters. The maximum absolute atomic E-state index is 12.0. The quantitative estimate of drug-likeness (QED) is 0.932. The monoisotopic (exact) mass is 331 g/mol. The van der Waals surface area contributed by atoms with E-state index in [-0.39, 0.29) is 10.9 Å². The predicted molar refractivity (Wildman–Crippen MR) is 68.7 cm³/mol. The van der Waals surface area contributed by atoms with E-state index in [4.69, 9.17) is 4.52 Å². The van der Waals surface area contributed by atoms with Crippen molar-refractivity contribution in [2.24, 2.45) is 0 Å². The molecule has 1 N–H and O–H groups in total. The topological polar surface area (TPSA) is 85.1 Å². The molecule has 0 radical (unpaired) electrons. The molecule has 0 aliphatic heterocycles. The first kappa shape index (κ1) is 13.0. The van der Waals surface area contributed by atoms with E-state index in [0.717, 1.165) is 10.0 Å². The van der Waals surface area contributed by atoms with Crippen LogP contribution in [0.1, 0.15) is 11.4 Å². The number of halogens is 1. The fourth-order valence-corrected chi connectivity index (χ4v) is 2.55. The number of sulfonamides is 1. The van der Waals surface area contributed by atoms with Gasteiger partial charge in [0.15, 0.2) is 5.82 Å². The molecule has 8 heteroatoms. The Morgan fingerprint density at radius 2 is 2.06 bits per heavy atom. The van der Waals surface area contributed by atoms with Gasteiger partial charge in [-0.1, -0.05) is 21.1 Å². The van der Waals surface area contributed by atoms with Gasteiger partial charge in [0.1, 0.15) is 0 Å². The minimum absolute atomic E-state index is 0.138. The second kappa shape index (κ2) is 4.69. The van der Waals surface area contributed by atoms with Gasteiger partial charge in [0.05, 0.1) is 4.90 Å². The summed E-state index contributed by atoms with van der Waals surface area (Å²) in [5.74, 6) is 0.361. The number of nitrogens with one attached hydrogen (secondary N) is 1. The molecule has 0 amide bonds. The Labute approximate surface area is 113 Å². The minimum atomic E-state index is -3.71. The average Bonchev–Trinajstić information content (AvgIpc) is 2.67. The summed E-state index contributed by atoms with van der Waals surface area (Å²) in [6.45, 7) is 3.41. The number of hydrogen-bond acceptors (Lipinski definition) is 5. The first-order valence-corrected chi connectivity index (χ1v) is 7.25. The first-order valence-electron chi connectivity index (χ1n) is 4.98. The third-order valence-electron chi connectivity index (χ3n) is 2.19. The normalized spacial score (nSPS) is 11.5. The zero-order chi connectivity index (χ0) is 13.3. The summed E-state index contributed by atoms with van der Waals surface area (Å²) < 4.78 is 31.8. The fraction of sp³-hybridized carbons (Fsp3) is 0.200. The van der Waals surface area contributed by atoms with Crippen molar-refractivity contribution in [2.75, 3.05) is 4.72 Å². The number of hydrogen-bond donors (Lipinski definition) is 1. The predicted octanol–water partition coefficient (Wildman–Crippen LogP) is 2.25. The molecule has 0 aliphatic rings. The van der Waals surface area contributed by atoms with Crippen molar-refractivity contribution in [1.29, 1.82) is 0 Å². The third-order valence-corrected chi connectivity index (χ3v) is 4.40. The van der Waals surface area contributed by atoms with E-state index in [1.807, 2.05) is 0 Å². The molecule has 0 bridgehead atoms. The lowest BCUT2D eigenvalue weighted by atomic mass is 10.2. The van der Waals surface area contributed by atoms with Gasteiger partial charge in [0.25, 0.3) is 10.0 Å². The Morgan fingerprint density at radius 3 is 2.61 bits per heavy atom. The molecule has 96 valence electrons. The highest BCUT2D eigenvalue weighted by molar-refractivity contribution is 9.10. The van der Waals surface area contributed by atoms with Crippen LogP contribution in [-0.2, 0) is 10.0 Å². The lowest BCUT2D eigenvalue weighted by Gasteiger charge is -2.05. The molecule has 0 fully saturated rings. The summed E-state index contributed by atoms with van der Waals surface area (Å²) in [5.41, 5.74) is 0.819. The van der Waals surface area contributed by atoms with E-state index in [1.165, 1.54) is 6.07 Å². The minimum Gasteiger partial charge on any atom is -0.314 e. The molecule has 0 saturated carbocycles. The molecule has 1 aromatic heterocycles. The Morgan fingerprint density at radius 1 is 1.33 bits per heavy atom. The molecule has 6 nitrogen and oxygen atoms in total. The van der Waals surface area contributed by atoms with Crippen molar-refractivity contribution < 1.29 is 12.9 Å². The van der Waals surface area contributed by atoms with Crippen molar-refractivity contribution in [3.8, 4) is 0 Å². The molecule has 2 rings (SSSR count). The lowest BCUT2D eigenvalue weighted by molar-refractivity contribution is 0.429. The summed E-state index contributed by atoms with van der Waals surface area (Å²) in [6, 6.07) is 4.56. The average molecular weight is 332 g/mol. The highest BCUT2D eigenvalue weighted by Gasteiger charge is 2.18. The number of benzene rings is 1. The molecule has 0 spiro atoms. The van der Waals surface area contributed by atoms with Crippen LogP contribution < -0.4 is 4.72 Å². The Kier molecular flexibility index (Phi) is 3.40. The summed E-state index contributed by atoms with van der Waals surface area (Å²) >= 11 is 3.31. The van der Waals surface area contributed by atoms with Crippen LogP contribution >= 0.6 is 15.9 Å². The van der Waals surface area contributed by atoms with Crippen molar-refractivity contribution in [2.45, 2.75) is 18.7 Å². The van der Waals surface area contributed by atoms with Crippen LogP contribution in [0.4, 0.5) is 6.01 Å². The van der Waals surface area contributed by atoms with E-state index < -0.39 is 10.0 Å². The molecule has 0 saturated heterocycles. The van der Waals surface area contributed by atoms with Gasteiger partial charge in [-0.3, -0.25) is 0 Å². The third kappa shape index (κ3) is 2.70. The molecule has 2 aromatic rings. The Hall–Kier alpha value is -1.41. The zero-order valence-corrected chi connectivity index (χ0v) is 12.0. The highest BCUT2D eigenvalue weighted by Crippen LogP contribution is 2.21. The largest absolute Gasteiger partial charge is 0.335 e. The summed E-state index contributed by atoms with van der Waals surface area (Å²) in [4.78, 5) is 3.92. The van der Waals surface area contributed by atoms with Gasteiger partial charge in [-0.2, -0.15) is 4.98 Å². The van der Waals surface area contributed by atoms with Crippen molar-refractivity contribution in [1.82, 2.24) is 10.1 Å². The van der Waals surface area contributed by atoms with E-state index in [1.54, 1.807) is 26.0 Å². The number of rotatable bonds is 3. The molecular weight excluding hydrogens is 322 g/mol. The van der Waals surface area contributed by atoms with E-state index >= 15 is 0 Å². The van der Waals surface area contributed by atoms with Crippen molar-refractivity contribution in [3.05, 3.63) is 34.1 Å². The highest BCUT2D eigenvalue weighted by atomic mass is 79.9. The van der Waals surface area contributed by atoms with Gasteiger partial charge in [0.2, 0.25) is 0 Å². The van der Waals surface area contributed by atoms with Gasteiger partial charge in [0, 0.05) is 4.47 Å². The van der Waals surface area contributed by atoms with Crippen LogP contribution in [-0.4, -0.2) is 18.6 Å². The Balaban J connectivity index is 2.33. The van der Waals surface area contributed by atoms with Crippen LogP contribution in [0.2, 0.25) is 0 Å². The van der Waals surface area contributed by atoms with Crippen LogP contribution in [0.5, 0.6) is 0 Å². The SMILES string of the molecule is Cc1noc(NS(=O)(=O)c2ccc(Br)c(C)c2)n1. The van der Waals surface area contributed by atoms with E-state index in [2.05, 4.69) is 30.8 Å². The lowest BCUT2D eigenvalue weighted by Crippen LogP contribution is -2.13. The first-order chi connectivity index (χ1) is 8.38. The van der Waals surface area contributed by atoms with Crippen molar-refractivity contribution in [3.63, 3.8) is 0 Å². The van der Waals surface area contributed by atoms with Gasteiger partial charge >= 0.3 is 6.01 Å². The number of anilines is 1. The number of aryl methyl sites for hydroxylation is 2. The maximum atomic E-state index is 12.0. The van der Waals surface area contributed by atoms with E-state index in [9.17, 15) is 8.42 Å². The molecule has 18 heavy (non-hydrogen) atoms. The maximum Gasteiger partial charge on any atom is 0.335 e. The molecule has 1 heterocycles. The standard InChI is InChI=1S/C10H10BrN3O3S/c1-6-5-8(3-4-9(6)11)18(15,16)14-10-12-7(2)13-17-10/h3-5H,1-2H3,(H,12,13,14). The van der Waals surface area contributed by atoms with Gasteiger partial charge in [-0.15, -0.1) is 0 Å². The zero-order valence-electron chi connectivity index (χ0n) is 9.64. The smallest absolute Gasteiger partial charge is 0.314 e. The van der Waals surface area contributed by atoms with Gasteiger partial charge in [-0.25, -0.2) is 13.1 Å². The van der Waals surface area contributed by atoms with Crippen LogP contribution in [0.25, 0.3) is 0 Å². The molecular formula is C10H10BrN3O3S. The van der Waals surface area contributed by atoms with Crippen LogP contribution in [0.3, 0.4) is 0 Å². The van der Waals surface area contributed by atoms with Crippen molar-refractivity contribution >= 4 is 32.0 Å². The van der Waals surface area contributed by atoms with Gasteiger partial charge < -0.3 is 4.52 Å². The fourth-order valence-electron chi connectivity index (χ4n) is 1.30. The number of aromatic nitrogens is 2. The second-order valence-corrected chi connectivity index (χ2v) is 6.20. The molecule has 0 aliphatic carbocycles. The summed E-state index contributed by atoms with van der Waals surface area (Å²) in [5, 5.41) is 3.51. The number of nitrogens with zero attached hydrogens (tertiary/aromatic N) is 2. The summed E-state index contributed by atoms with van der Waals surface area (Å²) in [6.07, 6.45) is 0. The molecule has 1 aromatic carbocycles. The van der Waals surface area contributed by atoms with Crippen LogP contribution in [0.15, 0.2) is 32.1 Å². The van der Waals surface area contributed by atoms with E-state index in [0.29, 0.717) is 5.82 Å². The van der Waals surface area contributed by atoms with Crippen LogP contribution in [0, 0.1) is 13.8 Å². The summed E-state index contributed by atoms with van der Waals surface area (Å²) in [7, 11) is -3.71. The Bertz CT molecular complexity index is 681. The van der Waals surface area contributed by atoms with Gasteiger partial charge in [-0.05, 0) is 37.6 Å².